The van der Waals surface area contributed by atoms with Crippen molar-refractivity contribution in [2.24, 2.45) is 0 Å². The molecule has 166 valence electrons. The van der Waals surface area contributed by atoms with Gasteiger partial charge in [-0.1, -0.05) is 130 Å². The molecule has 1 aromatic heterocycles. The van der Waals surface area contributed by atoms with E-state index in [1.165, 1.54) is 16.7 Å². The summed E-state index contributed by atoms with van der Waals surface area (Å²) in [5.41, 5.74) is 8.91. The van der Waals surface area contributed by atoms with Gasteiger partial charge in [-0.05, 0) is 28.2 Å². The number of benzene rings is 4. The molecular formula is C32H28N2. The Balaban J connectivity index is 1.53. The van der Waals surface area contributed by atoms with E-state index >= 15 is 0 Å². The lowest BCUT2D eigenvalue weighted by atomic mass is 9.86. The minimum absolute atomic E-state index is 0.153. The van der Waals surface area contributed by atoms with Crippen LogP contribution in [-0.2, 0) is 5.41 Å². The zero-order chi connectivity index (χ0) is 23.5. The Kier molecular flexibility index (Phi) is 5.81. The van der Waals surface area contributed by atoms with Gasteiger partial charge in [-0.25, -0.2) is 9.97 Å². The van der Waals surface area contributed by atoms with Crippen LogP contribution in [0.15, 0.2) is 115 Å². The summed E-state index contributed by atoms with van der Waals surface area (Å²) in [4.78, 5) is 9.86. The van der Waals surface area contributed by atoms with Crippen molar-refractivity contribution in [1.82, 2.24) is 9.97 Å². The first-order valence-electron chi connectivity index (χ1n) is 11.7. The molecule has 0 N–H and O–H groups in total. The third-order valence-corrected chi connectivity index (χ3v) is 6.09. The molecule has 0 amide bonds. The average Bonchev–Trinajstić information content (AvgIpc) is 2.89. The maximum Gasteiger partial charge on any atom is 0.160 e. The molecule has 2 heteroatoms. The van der Waals surface area contributed by atoms with E-state index in [4.69, 9.17) is 9.97 Å². The van der Waals surface area contributed by atoms with Crippen LogP contribution < -0.4 is 0 Å². The van der Waals surface area contributed by atoms with Crippen LogP contribution in [0.3, 0.4) is 0 Å². The Morgan fingerprint density at radius 1 is 0.441 bits per heavy atom. The number of hydrogen-bond donors (Lipinski definition) is 0. The largest absolute Gasteiger partial charge is 0.228 e. The lowest BCUT2D eigenvalue weighted by Crippen LogP contribution is -2.10. The summed E-state index contributed by atoms with van der Waals surface area (Å²) in [7, 11) is 0. The molecule has 0 bridgehead atoms. The summed E-state index contributed by atoms with van der Waals surface area (Å²) in [5, 5.41) is 0. The van der Waals surface area contributed by atoms with E-state index in [-0.39, 0.29) is 5.41 Å². The fourth-order valence-electron chi connectivity index (χ4n) is 4.06. The molecule has 5 rings (SSSR count). The maximum absolute atomic E-state index is 4.93. The molecule has 1 heterocycles. The Morgan fingerprint density at radius 2 is 0.853 bits per heavy atom. The molecule has 0 saturated carbocycles. The van der Waals surface area contributed by atoms with Crippen LogP contribution >= 0.6 is 0 Å². The molecule has 0 fully saturated rings. The van der Waals surface area contributed by atoms with Gasteiger partial charge < -0.3 is 0 Å². The van der Waals surface area contributed by atoms with E-state index in [1.807, 2.05) is 36.4 Å². The first-order valence-corrected chi connectivity index (χ1v) is 11.7. The van der Waals surface area contributed by atoms with Gasteiger partial charge in [0.05, 0.1) is 11.4 Å². The third kappa shape index (κ3) is 4.67. The summed E-state index contributed by atoms with van der Waals surface area (Å²) < 4.78 is 0. The fourth-order valence-corrected chi connectivity index (χ4v) is 4.06. The molecule has 0 radical (unpaired) electrons. The van der Waals surface area contributed by atoms with Crippen LogP contribution in [0.2, 0.25) is 0 Å². The fraction of sp³-hybridized carbons (Fsp3) is 0.125. The van der Waals surface area contributed by atoms with E-state index < -0.39 is 0 Å². The zero-order valence-electron chi connectivity index (χ0n) is 19.9. The van der Waals surface area contributed by atoms with Crippen molar-refractivity contribution in [2.75, 3.05) is 0 Å². The Morgan fingerprint density at radius 3 is 1.29 bits per heavy atom. The molecule has 34 heavy (non-hydrogen) atoms. The smallest absolute Gasteiger partial charge is 0.160 e. The first-order chi connectivity index (χ1) is 16.5. The van der Waals surface area contributed by atoms with Crippen molar-refractivity contribution >= 4 is 0 Å². The molecule has 0 aliphatic heterocycles. The maximum atomic E-state index is 4.93. The highest BCUT2D eigenvalue weighted by Crippen LogP contribution is 2.30. The topological polar surface area (TPSA) is 25.8 Å². The molecule has 0 spiro atoms. The molecule has 0 unspecified atom stereocenters. The van der Waals surface area contributed by atoms with Crippen molar-refractivity contribution < 1.29 is 0 Å². The van der Waals surface area contributed by atoms with E-state index in [2.05, 4.69) is 99.6 Å². The predicted octanol–water partition coefficient (Wildman–Crippen LogP) is 8.44. The van der Waals surface area contributed by atoms with Gasteiger partial charge >= 0.3 is 0 Å². The van der Waals surface area contributed by atoms with Gasteiger partial charge in [-0.3, -0.25) is 0 Å². The van der Waals surface area contributed by atoms with Crippen LogP contribution in [-0.4, -0.2) is 9.97 Å². The second-order valence-corrected chi connectivity index (χ2v) is 9.60. The average molecular weight is 441 g/mol. The predicted molar refractivity (Wildman–Crippen MR) is 142 cm³/mol. The van der Waals surface area contributed by atoms with Crippen LogP contribution in [0.4, 0.5) is 0 Å². The minimum atomic E-state index is 0.153. The second-order valence-electron chi connectivity index (χ2n) is 9.60. The summed E-state index contributed by atoms with van der Waals surface area (Å²) in [5.74, 6) is 0.731. The number of nitrogens with zero attached hydrogens (tertiary/aromatic N) is 2. The van der Waals surface area contributed by atoms with E-state index in [1.54, 1.807) is 0 Å². The van der Waals surface area contributed by atoms with Gasteiger partial charge in [0, 0.05) is 16.7 Å². The Labute approximate surface area is 202 Å². The second kappa shape index (κ2) is 9.07. The molecule has 0 aliphatic carbocycles. The van der Waals surface area contributed by atoms with Crippen LogP contribution in [0.5, 0.6) is 0 Å². The standard InChI is InChI=1S/C32H28N2/c1-32(2,3)28-20-18-24(19-21-28)23-14-16-27(17-15-23)31-33-29(25-10-6-4-7-11-25)22-30(34-31)26-12-8-5-9-13-26/h4-22H,1-3H3. The van der Waals surface area contributed by atoms with Gasteiger partial charge in [-0.2, -0.15) is 0 Å². The SMILES string of the molecule is CC(C)(C)c1ccc(-c2ccc(-c3nc(-c4ccccc4)cc(-c4ccccc4)n3)cc2)cc1. The Hall–Kier alpha value is -4.04. The van der Waals surface area contributed by atoms with Gasteiger partial charge in [0.2, 0.25) is 0 Å². The van der Waals surface area contributed by atoms with Crippen molar-refractivity contribution in [3.8, 4) is 45.0 Å². The summed E-state index contributed by atoms with van der Waals surface area (Å²) in [6.07, 6.45) is 0. The van der Waals surface area contributed by atoms with Gasteiger partial charge in [-0.15, -0.1) is 0 Å². The molecule has 0 atom stereocenters. The summed E-state index contributed by atoms with van der Waals surface area (Å²) >= 11 is 0. The van der Waals surface area contributed by atoms with Crippen molar-refractivity contribution in [3.63, 3.8) is 0 Å². The van der Waals surface area contributed by atoms with Crippen LogP contribution in [0, 0.1) is 0 Å². The molecule has 0 aliphatic rings. The number of aromatic nitrogens is 2. The normalized spacial score (nSPS) is 11.4. The molecule has 5 aromatic rings. The lowest BCUT2D eigenvalue weighted by molar-refractivity contribution is 0.590. The van der Waals surface area contributed by atoms with E-state index in [9.17, 15) is 0 Å². The van der Waals surface area contributed by atoms with Crippen LogP contribution in [0.25, 0.3) is 45.0 Å². The molecular weight excluding hydrogens is 412 g/mol. The van der Waals surface area contributed by atoms with Crippen LogP contribution in [0.1, 0.15) is 26.3 Å². The Bertz CT molecular complexity index is 1320. The molecule has 0 saturated heterocycles. The van der Waals surface area contributed by atoms with Gasteiger partial charge in [0.25, 0.3) is 0 Å². The van der Waals surface area contributed by atoms with Gasteiger partial charge in [0.1, 0.15) is 0 Å². The van der Waals surface area contributed by atoms with Gasteiger partial charge in [0.15, 0.2) is 5.82 Å². The van der Waals surface area contributed by atoms with Crippen molar-refractivity contribution in [1.29, 1.82) is 0 Å². The third-order valence-electron chi connectivity index (χ3n) is 6.09. The molecule has 2 nitrogen and oxygen atoms in total. The van der Waals surface area contributed by atoms with E-state index in [0.717, 1.165) is 33.9 Å². The van der Waals surface area contributed by atoms with E-state index in [0.29, 0.717) is 0 Å². The highest BCUT2D eigenvalue weighted by molar-refractivity contribution is 5.73. The van der Waals surface area contributed by atoms with Crippen molar-refractivity contribution in [2.45, 2.75) is 26.2 Å². The quantitative estimate of drug-likeness (QED) is 0.280. The molecule has 4 aromatic carbocycles. The number of rotatable bonds is 4. The highest BCUT2D eigenvalue weighted by atomic mass is 14.9. The highest BCUT2D eigenvalue weighted by Gasteiger charge is 2.14. The first kappa shape index (κ1) is 21.8. The minimum Gasteiger partial charge on any atom is -0.228 e. The number of hydrogen-bond acceptors (Lipinski definition) is 2. The lowest BCUT2D eigenvalue weighted by Gasteiger charge is -2.19. The van der Waals surface area contributed by atoms with Crippen molar-refractivity contribution in [3.05, 3.63) is 121 Å². The summed E-state index contributed by atoms with van der Waals surface area (Å²) in [6, 6.07) is 40.0. The summed E-state index contributed by atoms with van der Waals surface area (Å²) in [6.45, 7) is 6.72. The zero-order valence-corrected chi connectivity index (χ0v) is 19.9. The monoisotopic (exact) mass is 440 g/mol.